The lowest BCUT2D eigenvalue weighted by molar-refractivity contribution is -0.114. The maximum atomic E-state index is 13.2. The van der Waals surface area contributed by atoms with E-state index >= 15 is 0 Å². The summed E-state index contributed by atoms with van der Waals surface area (Å²) in [5, 5.41) is 8.94. The smallest absolute Gasteiger partial charge is 0.246 e. The quantitative estimate of drug-likeness (QED) is 0.287. The van der Waals surface area contributed by atoms with Gasteiger partial charge < -0.3 is 20.7 Å². The molecule has 158 valence electrons. The second-order valence-corrected chi connectivity index (χ2v) is 6.25. The Kier molecular flexibility index (Phi) is 11.0. The molecule has 29 heavy (non-hydrogen) atoms. The third kappa shape index (κ3) is 8.68. The summed E-state index contributed by atoms with van der Waals surface area (Å²) in [6, 6.07) is 11.8. The van der Waals surface area contributed by atoms with Crippen LogP contribution >= 0.6 is 24.0 Å². The summed E-state index contributed by atoms with van der Waals surface area (Å²) in [6.45, 7) is 5.23. The van der Waals surface area contributed by atoms with Gasteiger partial charge in [0.05, 0.1) is 7.11 Å². The number of halogens is 2. The van der Waals surface area contributed by atoms with Crippen LogP contribution in [0.25, 0.3) is 0 Å². The highest BCUT2D eigenvalue weighted by Gasteiger charge is 2.06. The van der Waals surface area contributed by atoms with Gasteiger partial charge in [0.25, 0.3) is 0 Å². The lowest BCUT2D eigenvalue weighted by Gasteiger charge is -2.13. The van der Waals surface area contributed by atoms with E-state index in [2.05, 4.69) is 27.0 Å². The normalized spacial score (nSPS) is 10.7. The van der Waals surface area contributed by atoms with Crippen LogP contribution in [0.4, 0.5) is 10.1 Å². The van der Waals surface area contributed by atoms with Crippen LogP contribution in [0, 0.1) is 12.7 Å². The fourth-order valence-electron chi connectivity index (χ4n) is 2.68. The van der Waals surface area contributed by atoms with Crippen LogP contribution in [0.1, 0.15) is 18.1 Å². The molecule has 0 aliphatic carbocycles. The number of nitrogens with zero attached hydrogens (tertiary/aromatic N) is 1. The molecule has 0 unspecified atom stereocenters. The van der Waals surface area contributed by atoms with Crippen molar-refractivity contribution in [2.75, 3.05) is 32.1 Å². The molecule has 0 radical (unpaired) electrons. The lowest BCUT2D eigenvalue weighted by atomic mass is 10.1. The Morgan fingerprint density at radius 3 is 2.66 bits per heavy atom. The maximum absolute atomic E-state index is 13.2. The number of nitrogens with one attached hydrogen (secondary N) is 3. The van der Waals surface area contributed by atoms with Crippen molar-refractivity contribution < 1.29 is 13.9 Å². The van der Waals surface area contributed by atoms with E-state index in [9.17, 15) is 9.18 Å². The van der Waals surface area contributed by atoms with E-state index in [1.807, 2.05) is 26.0 Å². The summed E-state index contributed by atoms with van der Waals surface area (Å²) in [5.74, 6) is 0.679. The number of guanidine groups is 1. The highest BCUT2D eigenvalue weighted by Crippen LogP contribution is 2.19. The molecule has 0 saturated carbocycles. The van der Waals surface area contributed by atoms with Crippen molar-refractivity contribution in [1.29, 1.82) is 0 Å². The van der Waals surface area contributed by atoms with Gasteiger partial charge in [0.2, 0.25) is 5.91 Å². The standard InChI is InChI=1S/C21H27FN4O2.HI/c1-4-23-21(24-11-10-16-12-15(2)8-9-19(16)28-3)25-14-20(27)26-18-7-5-6-17(22)13-18;/h5-9,12-13H,4,10-11,14H2,1-3H3,(H,26,27)(H2,23,24,25);1H. The van der Waals surface area contributed by atoms with Crippen molar-refractivity contribution >= 4 is 41.5 Å². The van der Waals surface area contributed by atoms with Crippen molar-refractivity contribution in [2.45, 2.75) is 20.3 Å². The van der Waals surface area contributed by atoms with Crippen LogP contribution in [0.5, 0.6) is 5.75 Å². The number of hydrogen-bond acceptors (Lipinski definition) is 3. The average Bonchev–Trinajstić information content (AvgIpc) is 2.66. The van der Waals surface area contributed by atoms with E-state index in [0.717, 1.165) is 17.7 Å². The van der Waals surface area contributed by atoms with Gasteiger partial charge in [-0.15, -0.1) is 24.0 Å². The first-order chi connectivity index (χ1) is 13.5. The number of hydrogen-bond donors (Lipinski definition) is 3. The van der Waals surface area contributed by atoms with Gasteiger partial charge in [-0.25, -0.2) is 9.38 Å². The monoisotopic (exact) mass is 514 g/mol. The number of aryl methyl sites for hydroxylation is 1. The molecule has 0 fully saturated rings. The number of benzene rings is 2. The molecule has 0 heterocycles. The molecule has 2 rings (SSSR count). The number of rotatable bonds is 8. The van der Waals surface area contributed by atoms with Gasteiger partial charge in [-0.05, 0) is 50.1 Å². The van der Waals surface area contributed by atoms with Crippen molar-refractivity contribution in [1.82, 2.24) is 10.6 Å². The minimum absolute atomic E-state index is 0. The van der Waals surface area contributed by atoms with Crippen LogP contribution in [0.3, 0.4) is 0 Å². The Bertz CT molecular complexity index is 830. The molecule has 0 atom stereocenters. The molecule has 0 aliphatic heterocycles. The second kappa shape index (κ2) is 13.0. The van der Waals surface area contributed by atoms with Crippen molar-refractivity contribution in [2.24, 2.45) is 4.99 Å². The molecule has 1 amide bonds. The highest BCUT2D eigenvalue weighted by atomic mass is 127. The molecule has 8 heteroatoms. The minimum Gasteiger partial charge on any atom is -0.496 e. The third-order valence-corrected chi connectivity index (χ3v) is 3.96. The SMILES string of the molecule is CCNC(=NCC(=O)Nc1cccc(F)c1)NCCc1cc(C)ccc1OC.I. The van der Waals surface area contributed by atoms with Crippen LogP contribution in [-0.2, 0) is 11.2 Å². The summed E-state index contributed by atoms with van der Waals surface area (Å²) in [6.07, 6.45) is 0.755. The van der Waals surface area contributed by atoms with Crippen molar-refractivity contribution in [3.8, 4) is 5.75 Å². The highest BCUT2D eigenvalue weighted by molar-refractivity contribution is 14.0. The van der Waals surface area contributed by atoms with Gasteiger partial charge in [-0.3, -0.25) is 4.79 Å². The van der Waals surface area contributed by atoms with Crippen LogP contribution < -0.4 is 20.7 Å². The molecule has 6 nitrogen and oxygen atoms in total. The van der Waals surface area contributed by atoms with E-state index in [1.165, 1.54) is 17.7 Å². The van der Waals surface area contributed by atoms with Crippen molar-refractivity contribution in [3.63, 3.8) is 0 Å². The number of amides is 1. The van der Waals surface area contributed by atoms with E-state index in [4.69, 9.17) is 4.74 Å². The molecule has 0 spiro atoms. The van der Waals surface area contributed by atoms with E-state index in [0.29, 0.717) is 24.7 Å². The molecule has 2 aromatic carbocycles. The zero-order valence-electron chi connectivity index (χ0n) is 16.9. The van der Waals surface area contributed by atoms with E-state index in [-0.39, 0.29) is 36.4 Å². The number of ether oxygens (including phenoxy) is 1. The minimum atomic E-state index is -0.400. The fraction of sp³-hybridized carbons (Fsp3) is 0.333. The first-order valence-corrected chi connectivity index (χ1v) is 9.23. The van der Waals surface area contributed by atoms with E-state index in [1.54, 1.807) is 19.2 Å². The summed E-state index contributed by atoms with van der Waals surface area (Å²) >= 11 is 0. The number of aliphatic imine (C=N–C) groups is 1. The average molecular weight is 514 g/mol. The first kappa shape index (κ1) is 24.7. The molecule has 0 saturated heterocycles. The Morgan fingerprint density at radius 2 is 1.97 bits per heavy atom. The zero-order chi connectivity index (χ0) is 20.4. The summed E-state index contributed by atoms with van der Waals surface area (Å²) < 4.78 is 18.6. The Labute approximate surface area is 188 Å². The summed E-state index contributed by atoms with van der Waals surface area (Å²) in [5.41, 5.74) is 2.68. The number of anilines is 1. The largest absolute Gasteiger partial charge is 0.496 e. The maximum Gasteiger partial charge on any atom is 0.246 e. The Morgan fingerprint density at radius 1 is 1.17 bits per heavy atom. The first-order valence-electron chi connectivity index (χ1n) is 9.23. The Balaban J connectivity index is 0.00000420. The van der Waals surface area contributed by atoms with Crippen LogP contribution in [0.15, 0.2) is 47.5 Å². The van der Waals surface area contributed by atoms with Crippen LogP contribution in [-0.4, -0.2) is 38.6 Å². The number of carbonyl (C=O) groups excluding carboxylic acids is 1. The molecule has 0 aromatic heterocycles. The van der Waals surface area contributed by atoms with Gasteiger partial charge in [0.15, 0.2) is 5.96 Å². The molecular formula is C21H28FIN4O2. The summed E-state index contributed by atoms with van der Waals surface area (Å²) in [4.78, 5) is 16.3. The van der Waals surface area contributed by atoms with Gasteiger partial charge in [-0.1, -0.05) is 23.8 Å². The predicted octanol–water partition coefficient (Wildman–Crippen LogP) is 3.50. The molecular weight excluding hydrogens is 486 g/mol. The summed E-state index contributed by atoms with van der Waals surface area (Å²) in [7, 11) is 1.66. The number of carbonyl (C=O) groups is 1. The lowest BCUT2D eigenvalue weighted by Crippen LogP contribution is -2.39. The Hall–Kier alpha value is -2.36. The molecule has 0 aliphatic rings. The van der Waals surface area contributed by atoms with Crippen LogP contribution in [0.2, 0.25) is 0 Å². The second-order valence-electron chi connectivity index (χ2n) is 6.25. The molecule has 0 bridgehead atoms. The fourth-order valence-corrected chi connectivity index (χ4v) is 2.68. The zero-order valence-corrected chi connectivity index (χ0v) is 19.3. The third-order valence-electron chi connectivity index (χ3n) is 3.96. The number of methoxy groups -OCH3 is 1. The molecule has 2 aromatic rings. The predicted molar refractivity (Wildman–Crippen MR) is 126 cm³/mol. The van der Waals surface area contributed by atoms with E-state index < -0.39 is 5.82 Å². The van der Waals surface area contributed by atoms with Gasteiger partial charge in [0, 0.05) is 18.8 Å². The van der Waals surface area contributed by atoms with Gasteiger partial charge >= 0.3 is 0 Å². The topological polar surface area (TPSA) is 74.8 Å². The van der Waals surface area contributed by atoms with Crippen molar-refractivity contribution in [3.05, 3.63) is 59.4 Å². The van der Waals surface area contributed by atoms with Gasteiger partial charge in [0.1, 0.15) is 18.1 Å². The molecule has 3 N–H and O–H groups in total. The van der Waals surface area contributed by atoms with Gasteiger partial charge in [-0.2, -0.15) is 0 Å².